The van der Waals surface area contributed by atoms with Crippen LogP contribution in [0.5, 0.6) is 0 Å². The van der Waals surface area contributed by atoms with Crippen molar-refractivity contribution in [1.29, 1.82) is 0 Å². The van der Waals surface area contributed by atoms with Crippen molar-refractivity contribution in [2.45, 2.75) is 26.3 Å². The fraction of sp³-hybridized carbons (Fsp3) is 0.778. The highest BCUT2D eigenvalue weighted by Gasteiger charge is 2.20. The average molecular weight is 202 g/mol. The predicted molar refractivity (Wildman–Crippen MR) is 52.5 cm³/mol. The largest absolute Gasteiger partial charge is 0.465 e. The van der Waals surface area contributed by atoms with Crippen LogP contribution in [0.3, 0.4) is 0 Å². The van der Waals surface area contributed by atoms with E-state index in [-0.39, 0.29) is 12.5 Å². The molecule has 14 heavy (non-hydrogen) atoms. The second kappa shape index (κ2) is 6.37. The van der Waals surface area contributed by atoms with Gasteiger partial charge in [0.05, 0.1) is 19.2 Å². The minimum Gasteiger partial charge on any atom is -0.465 e. The molecule has 0 aliphatic rings. The zero-order chi connectivity index (χ0) is 11.1. The lowest BCUT2D eigenvalue weighted by molar-refractivity contribution is -0.145. The lowest BCUT2D eigenvalue weighted by atomic mass is 10.2. The number of amides is 1. The number of hydrogen-bond donors (Lipinski definition) is 1. The number of primary amides is 1. The first kappa shape index (κ1) is 12.9. The average Bonchev–Trinajstić information content (AvgIpc) is 2.04. The third-order valence-corrected chi connectivity index (χ3v) is 1.93. The topological polar surface area (TPSA) is 72.6 Å². The van der Waals surface area contributed by atoms with Crippen LogP contribution in [0.25, 0.3) is 0 Å². The molecule has 2 N–H and O–H groups in total. The van der Waals surface area contributed by atoms with Gasteiger partial charge in [-0.05, 0) is 20.4 Å². The molecule has 5 nitrogen and oxygen atoms in total. The molecule has 0 saturated carbocycles. The summed E-state index contributed by atoms with van der Waals surface area (Å²) in [6, 6.07) is -0.403. The number of carbonyl (C=O) groups excluding carboxylic acids is 2. The summed E-state index contributed by atoms with van der Waals surface area (Å²) in [6.45, 7) is 4.02. The summed E-state index contributed by atoms with van der Waals surface area (Å²) in [5.74, 6) is -0.756. The Hall–Kier alpha value is -1.10. The Kier molecular flexibility index (Phi) is 5.87. The molecule has 0 radical (unpaired) electrons. The minimum absolute atomic E-state index is 0.0925. The summed E-state index contributed by atoms with van der Waals surface area (Å²) in [7, 11) is 1.68. The minimum atomic E-state index is -0.417. The van der Waals surface area contributed by atoms with Crippen molar-refractivity contribution in [3.8, 4) is 0 Å². The van der Waals surface area contributed by atoms with Gasteiger partial charge >= 0.3 is 5.97 Å². The second-order valence-electron chi connectivity index (χ2n) is 3.05. The molecular weight excluding hydrogens is 184 g/mol. The highest BCUT2D eigenvalue weighted by atomic mass is 16.5. The molecule has 0 aliphatic heterocycles. The zero-order valence-electron chi connectivity index (χ0n) is 8.95. The molecule has 5 heteroatoms. The van der Waals surface area contributed by atoms with Crippen LogP contribution in [0.2, 0.25) is 0 Å². The normalized spacial score (nSPS) is 12.6. The maximum absolute atomic E-state index is 11.1. The van der Waals surface area contributed by atoms with Crippen LogP contribution >= 0.6 is 0 Å². The first-order valence-electron chi connectivity index (χ1n) is 4.68. The van der Waals surface area contributed by atoms with Crippen molar-refractivity contribution >= 4 is 11.9 Å². The van der Waals surface area contributed by atoms with Crippen molar-refractivity contribution < 1.29 is 14.3 Å². The van der Waals surface area contributed by atoms with Crippen molar-refractivity contribution in [2.24, 2.45) is 5.73 Å². The Morgan fingerprint density at radius 1 is 1.43 bits per heavy atom. The van der Waals surface area contributed by atoms with E-state index in [0.717, 1.165) is 0 Å². The number of nitrogens with two attached hydrogens (primary N) is 1. The number of rotatable bonds is 6. The summed E-state index contributed by atoms with van der Waals surface area (Å²) in [6.07, 6.45) is 0.589. The third kappa shape index (κ3) is 4.23. The van der Waals surface area contributed by atoms with Crippen LogP contribution in [0, 0.1) is 0 Å². The first-order valence-corrected chi connectivity index (χ1v) is 4.68. The van der Waals surface area contributed by atoms with Crippen molar-refractivity contribution in [3.05, 3.63) is 0 Å². The Labute approximate surface area is 84.2 Å². The molecular formula is C9H18N2O3. The van der Waals surface area contributed by atoms with E-state index in [0.29, 0.717) is 13.0 Å². The van der Waals surface area contributed by atoms with Gasteiger partial charge in [-0.25, -0.2) is 0 Å². The molecule has 1 amide bonds. The van der Waals surface area contributed by atoms with E-state index in [1.165, 1.54) is 0 Å². The summed E-state index contributed by atoms with van der Waals surface area (Å²) in [5, 5.41) is 0. The van der Waals surface area contributed by atoms with Crippen LogP contribution in [-0.4, -0.2) is 43.0 Å². The second-order valence-corrected chi connectivity index (χ2v) is 3.05. The summed E-state index contributed by atoms with van der Waals surface area (Å²) in [5.41, 5.74) is 5.17. The molecule has 0 aromatic rings. The lowest BCUT2D eigenvalue weighted by Crippen LogP contribution is -2.44. The molecule has 82 valence electrons. The van der Waals surface area contributed by atoms with E-state index in [4.69, 9.17) is 10.5 Å². The van der Waals surface area contributed by atoms with Crippen LogP contribution in [-0.2, 0) is 14.3 Å². The van der Waals surface area contributed by atoms with Gasteiger partial charge < -0.3 is 10.5 Å². The van der Waals surface area contributed by atoms with E-state index >= 15 is 0 Å². The zero-order valence-corrected chi connectivity index (χ0v) is 8.95. The maximum Gasteiger partial charge on any atom is 0.320 e. The van der Waals surface area contributed by atoms with Crippen LogP contribution in [0.15, 0.2) is 0 Å². The van der Waals surface area contributed by atoms with Crippen molar-refractivity contribution in [3.63, 3.8) is 0 Å². The highest BCUT2D eigenvalue weighted by molar-refractivity contribution is 5.80. The monoisotopic (exact) mass is 202 g/mol. The third-order valence-electron chi connectivity index (χ3n) is 1.93. The highest BCUT2D eigenvalue weighted by Crippen LogP contribution is 2.00. The number of carbonyl (C=O) groups is 2. The summed E-state index contributed by atoms with van der Waals surface area (Å²) in [4.78, 5) is 23.6. The molecule has 0 heterocycles. The molecule has 0 fully saturated rings. The number of esters is 1. The molecule has 0 spiro atoms. The van der Waals surface area contributed by atoms with E-state index in [9.17, 15) is 9.59 Å². The van der Waals surface area contributed by atoms with Gasteiger partial charge in [-0.15, -0.1) is 0 Å². The van der Waals surface area contributed by atoms with Gasteiger partial charge in [0, 0.05) is 0 Å². The van der Waals surface area contributed by atoms with Gasteiger partial charge in [0.1, 0.15) is 0 Å². The Morgan fingerprint density at radius 3 is 2.36 bits per heavy atom. The van der Waals surface area contributed by atoms with E-state index < -0.39 is 11.9 Å². The number of ether oxygens (including phenoxy) is 1. The SMILES string of the molecule is CCOC(=O)CN(C)C(CC)C(N)=O. The van der Waals surface area contributed by atoms with Gasteiger partial charge in [-0.1, -0.05) is 6.92 Å². The molecule has 1 unspecified atom stereocenters. The number of nitrogens with zero attached hydrogens (tertiary/aromatic N) is 1. The lowest BCUT2D eigenvalue weighted by Gasteiger charge is -2.22. The molecule has 0 rings (SSSR count). The first-order chi connectivity index (χ1) is 6.52. The van der Waals surface area contributed by atoms with E-state index in [1.54, 1.807) is 18.9 Å². The molecule has 0 bridgehead atoms. The summed E-state index contributed by atoms with van der Waals surface area (Å²) >= 11 is 0. The van der Waals surface area contributed by atoms with Gasteiger partial charge in [-0.3, -0.25) is 14.5 Å². The van der Waals surface area contributed by atoms with Gasteiger partial charge in [0.25, 0.3) is 0 Å². The summed E-state index contributed by atoms with van der Waals surface area (Å²) < 4.78 is 4.75. The smallest absolute Gasteiger partial charge is 0.320 e. The molecule has 0 aromatic carbocycles. The van der Waals surface area contributed by atoms with Crippen LogP contribution in [0.1, 0.15) is 20.3 Å². The van der Waals surface area contributed by atoms with Crippen molar-refractivity contribution in [2.75, 3.05) is 20.2 Å². The van der Waals surface area contributed by atoms with Gasteiger partial charge in [0.2, 0.25) is 5.91 Å². The molecule has 1 atom stereocenters. The molecule has 0 saturated heterocycles. The van der Waals surface area contributed by atoms with Gasteiger partial charge in [-0.2, -0.15) is 0 Å². The Bertz CT molecular complexity index is 206. The number of likely N-dealkylation sites (N-methyl/N-ethyl adjacent to an activating group) is 1. The quantitative estimate of drug-likeness (QED) is 0.602. The molecule has 0 aliphatic carbocycles. The van der Waals surface area contributed by atoms with E-state index in [2.05, 4.69) is 0 Å². The Balaban J connectivity index is 4.10. The van der Waals surface area contributed by atoms with Crippen LogP contribution < -0.4 is 5.73 Å². The van der Waals surface area contributed by atoms with E-state index in [1.807, 2.05) is 6.92 Å². The maximum atomic E-state index is 11.1. The van der Waals surface area contributed by atoms with Crippen molar-refractivity contribution in [1.82, 2.24) is 4.90 Å². The fourth-order valence-corrected chi connectivity index (χ4v) is 1.25. The van der Waals surface area contributed by atoms with Crippen LogP contribution in [0.4, 0.5) is 0 Å². The standard InChI is InChI=1S/C9H18N2O3/c1-4-7(9(10)13)11(3)6-8(12)14-5-2/h7H,4-6H2,1-3H3,(H2,10,13). The van der Waals surface area contributed by atoms with Gasteiger partial charge in [0.15, 0.2) is 0 Å². The molecule has 0 aromatic heterocycles. The predicted octanol–water partition coefficient (Wildman–Crippen LogP) is -0.255. The fourth-order valence-electron chi connectivity index (χ4n) is 1.25. The Morgan fingerprint density at radius 2 is 2.00 bits per heavy atom. The number of hydrogen-bond acceptors (Lipinski definition) is 4.